The number of nitrogens with zero attached hydrogens (tertiary/aromatic N) is 3. The van der Waals surface area contributed by atoms with Crippen molar-refractivity contribution in [2.24, 2.45) is 0 Å². The van der Waals surface area contributed by atoms with Gasteiger partial charge in [0.1, 0.15) is 5.75 Å². The van der Waals surface area contributed by atoms with Gasteiger partial charge in [0.15, 0.2) is 0 Å². The standard InChI is InChI=1S/C19H29N3O2/c1-15-6-7-18(23)17(13-15)19(24)22-11-9-21(10-12-22)14-16-5-3-4-8-20(16)2/h6-7,13,16,23H,3-5,8-12,14H2,1-2H3/t16-/m1/s1. The van der Waals surface area contributed by atoms with Crippen molar-refractivity contribution in [3.05, 3.63) is 29.3 Å². The first-order valence-electron chi connectivity index (χ1n) is 9.06. The molecule has 0 aromatic heterocycles. The number of benzene rings is 1. The van der Waals surface area contributed by atoms with Crippen LogP contribution in [0.25, 0.3) is 0 Å². The minimum absolute atomic E-state index is 0.0503. The molecule has 3 rings (SSSR count). The summed E-state index contributed by atoms with van der Waals surface area (Å²) in [5.74, 6) is 0.0301. The van der Waals surface area contributed by atoms with Crippen LogP contribution >= 0.6 is 0 Å². The van der Waals surface area contributed by atoms with Crippen LogP contribution in [0.2, 0.25) is 0 Å². The highest BCUT2D eigenvalue weighted by Gasteiger charge is 2.27. The minimum Gasteiger partial charge on any atom is -0.507 e. The van der Waals surface area contributed by atoms with E-state index >= 15 is 0 Å². The zero-order valence-electron chi connectivity index (χ0n) is 14.9. The normalized spacial score (nSPS) is 23.4. The first kappa shape index (κ1) is 17.2. The summed E-state index contributed by atoms with van der Waals surface area (Å²) >= 11 is 0. The zero-order chi connectivity index (χ0) is 17.1. The van der Waals surface area contributed by atoms with Gasteiger partial charge in [-0.15, -0.1) is 0 Å². The van der Waals surface area contributed by atoms with Gasteiger partial charge in [-0.1, -0.05) is 18.1 Å². The van der Waals surface area contributed by atoms with Gasteiger partial charge in [0.05, 0.1) is 5.56 Å². The van der Waals surface area contributed by atoms with E-state index in [0.29, 0.717) is 11.6 Å². The highest BCUT2D eigenvalue weighted by Crippen LogP contribution is 2.21. The molecule has 1 aromatic rings. The molecule has 0 unspecified atom stereocenters. The molecule has 5 heteroatoms. The van der Waals surface area contributed by atoms with Crippen molar-refractivity contribution in [3.63, 3.8) is 0 Å². The summed E-state index contributed by atoms with van der Waals surface area (Å²) in [5.41, 5.74) is 1.42. The van der Waals surface area contributed by atoms with Gasteiger partial charge in [0.25, 0.3) is 5.91 Å². The van der Waals surface area contributed by atoms with Crippen LogP contribution in [-0.4, -0.2) is 78.1 Å². The number of rotatable bonds is 3. The van der Waals surface area contributed by atoms with Crippen molar-refractivity contribution >= 4 is 5.91 Å². The average molecular weight is 331 g/mol. The molecule has 5 nitrogen and oxygen atoms in total. The molecule has 2 fully saturated rings. The first-order chi connectivity index (χ1) is 11.5. The predicted octanol–water partition coefficient (Wildman–Crippen LogP) is 1.94. The van der Waals surface area contributed by atoms with E-state index in [1.54, 1.807) is 12.1 Å². The van der Waals surface area contributed by atoms with Crippen LogP contribution in [0.1, 0.15) is 35.2 Å². The van der Waals surface area contributed by atoms with Gasteiger partial charge in [-0.05, 0) is 45.5 Å². The molecule has 0 bridgehead atoms. The second kappa shape index (κ2) is 7.53. The molecule has 0 spiro atoms. The van der Waals surface area contributed by atoms with Gasteiger partial charge in [0, 0.05) is 38.8 Å². The fourth-order valence-corrected chi connectivity index (χ4v) is 3.80. The molecule has 0 saturated carbocycles. The summed E-state index contributed by atoms with van der Waals surface area (Å²) in [4.78, 5) is 19.5. The summed E-state index contributed by atoms with van der Waals surface area (Å²) < 4.78 is 0. The summed E-state index contributed by atoms with van der Waals surface area (Å²) in [6.07, 6.45) is 3.93. The van der Waals surface area contributed by atoms with E-state index in [9.17, 15) is 9.90 Å². The maximum atomic E-state index is 12.7. The molecular weight excluding hydrogens is 302 g/mol. The number of amides is 1. The molecule has 2 saturated heterocycles. The summed E-state index contributed by atoms with van der Waals surface area (Å²) in [7, 11) is 2.23. The zero-order valence-corrected chi connectivity index (χ0v) is 14.9. The number of piperidine rings is 1. The fraction of sp³-hybridized carbons (Fsp3) is 0.632. The largest absolute Gasteiger partial charge is 0.507 e. The topological polar surface area (TPSA) is 47.0 Å². The number of phenolic OH excluding ortho intramolecular Hbond substituents is 1. The van der Waals surface area contributed by atoms with Crippen LogP contribution in [0.15, 0.2) is 18.2 Å². The lowest BCUT2D eigenvalue weighted by atomic mass is 10.0. The third kappa shape index (κ3) is 3.90. The van der Waals surface area contributed by atoms with Crippen LogP contribution in [-0.2, 0) is 0 Å². The van der Waals surface area contributed by atoms with Crippen molar-refractivity contribution in [1.82, 2.24) is 14.7 Å². The van der Waals surface area contributed by atoms with Crippen molar-refractivity contribution in [2.75, 3.05) is 46.3 Å². The summed E-state index contributed by atoms with van der Waals surface area (Å²) in [6.45, 7) is 7.56. The van der Waals surface area contributed by atoms with Crippen LogP contribution in [0, 0.1) is 6.92 Å². The first-order valence-corrected chi connectivity index (χ1v) is 9.06. The second-order valence-corrected chi connectivity index (χ2v) is 7.24. The number of carbonyl (C=O) groups excluding carboxylic acids is 1. The van der Waals surface area contributed by atoms with Crippen molar-refractivity contribution in [2.45, 2.75) is 32.2 Å². The molecule has 1 atom stereocenters. The van der Waals surface area contributed by atoms with E-state index in [4.69, 9.17) is 0 Å². The Kier molecular flexibility index (Phi) is 5.41. The van der Waals surface area contributed by atoms with E-state index in [1.807, 2.05) is 17.9 Å². The molecule has 0 aliphatic carbocycles. The van der Waals surface area contributed by atoms with E-state index in [-0.39, 0.29) is 11.7 Å². The molecule has 2 aliphatic rings. The quantitative estimate of drug-likeness (QED) is 0.919. The Balaban J connectivity index is 1.54. The van der Waals surface area contributed by atoms with Gasteiger partial charge in [-0.2, -0.15) is 0 Å². The Morgan fingerprint density at radius 1 is 1.17 bits per heavy atom. The molecular formula is C19H29N3O2. The maximum absolute atomic E-state index is 12.7. The Labute approximate surface area is 144 Å². The number of likely N-dealkylation sites (N-methyl/N-ethyl adjacent to an activating group) is 1. The highest BCUT2D eigenvalue weighted by molar-refractivity contribution is 5.97. The molecule has 1 amide bonds. The number of hydrogen-bond donors (Lipinski definition) is 1. The van der Waals surface area contributed by atoms with Crippen LogP contribution in [0.5, 0.6) is 5.75 Å². The van der Waals surface area contributed by atoms with Crippen molar-refractivity contribution < 1.29 is 9.90 Å². The number of likely N-dealkylation sites (tertiary alicyclic amines) is 1. The SMILES string of the molecule is Cc1ccc(O)c(C(=O)N2CCN(C[C@H]3CCCCN3C)CC2)c1. The molecule has 132 valence electrons. The van der Waals surface area contributed by atoms with Crippen molar-refractivity contribution in [1.29, 1.82) is 0 Å². The number of aryl methyl sites for hydroxylation is 1. The number of piperazine rings is 1. The maximum Gasteiger partial charge on any atom is 0.257 e. The lowest BCUT2D eigenvalue weighted by Crippen LogP contribution is -2.53. The minimum atomic E-state index is -0.0503. The number of carbonyl (C=O) groups is 1. The average Bonchev–Trinajstić information content (AvgIpc) is 2.59. The molecule has 1 N–H and O–H groups in total. The Hall–Kier alpha value is -1.59. The molecule has 1 aromatic carbocycles. The van der Waals surface area contributed by atoms with Crippen LogP contribution < -0.4 is 0 Å². The van der Waals surface area contributed by atoms with Gasteiger partial charge in [0.2, 0.25) is 0 Å². The van der Waals surface area contributed by atoms with Gasteiger partial charge < -0.3 is 14.9 Å². The smallest absolute Gasteiger partial charge is 0.257 e. The van der Waals surface area contributed by atoms with Gasteiger partial charge in [-0.25, -0.2) is 0 Å². The summed E-state index contributed by atoms with van der Waals surface area (Å²) in [6, 6.07) is 5.87. The highest BCUT2D eigenvalue weighted by atomic mass is 16.3. The number of aromatic hydroxyl groups is 1. The fourth-order valence-electron chi connectivity index (χ4n) is 3.80. The van der Waals surface area contributed by atoms with Crippen molar-refractivity contribution in [3.8, 4) is 5.75 Å². The van der Waals surface area contributed by atoms with Gasteiger partial charge in [-0.3, -0.25) is 9.69 Å². The number of hydrogen-bond acceptors (Lipinski definition) is 4. The molecule has 0 radical (unpaired) electrons. The van der Waals surface area contributed by atoms with Crippen LogP contribution in [0.3, 0.4) is 0 Å². The third-order valence-corrected chi connectivity index (χ3v) is 5.43. The Morgan fingerprint density at radius 2 is 1.92 bits per heavy atom. The van der Waals surface area contributed by atoms with Crippen LogP contribution in [0.4, 0.5) is 0 Å². The second-order valence-electron chi connectivity index (χ2n) is 7.24. The lowest BCUT2D eigenvalue weighted by Gasteiger charge is -2.40. The van der Waals surface area contributed by atoms with E-state index < -0.39 is 0 Å². The summed E-state index contributed by atoms with van der Waals surface area (Å²) in [5, 5.41) is 9.97. The van der Waals surface area contributed by atoms with Gasteiger partial charge >= 0.3 is 0 Å². The molecule has 24 heavy (non-hydrogen) atoms. The molecule has 2 aliphatic heterocycles. The van der Waals surface area contributed by atoms with E-state index in [0.717, 1.165) is 38.3 Å². The predicted molar refractivity (Wildman–Crippen MR) is 95.5 cm³/mol. The molecule has 2 heterocycles. The lowest BCUT2D eigenvalue weighted by molar-refractivity contribution is 0.0562. The Bertz CT molecular complexity index is 582. The number of phenols is 1. The Morgan fingerprint density at radius 3 is 2.62 bits per heavy atom. The van der Waals surface area contributed by atoms with E-state index in [1.165, 1.54) is 25.8 Å². The monoisotopic (exact) mass is 331 g/mol. The third-order valence-electron chi connectivity index (χ3n) is 5.43. The van der Waals surface area contributed by atoms with E-state index in [2.05, 4.69) is 16.8 Å².